The highest BCUT2D eigenvalue weighted by Gasteiger charge is 2.21. The van der Waals surface area contributed by atoms with Crippen LogP contribution in [0.3, 0.4) is 0 Å². The van der Waals surface area contributed by atoms with Gasteiger partial charge >= 0.3 is 6.61 Å². The smallest absolute Gasteiger partial charge is 0.387 e. The largest absolute Gasteiger partial charge is 0.434 e. The van der Waals surface area contributed by atoms with E-state index in [1.165, 1.54) is 6.07 Å². The molecule has 0 saturated heterocycles. The zero-order chi connectivity index (χ0) is 14.4. The van der Waals surface area contributed by atoms with Crippen LogP contribution in [0.1, 0.15) is 38.3 Å². The van der Waals surface area contributed by atoms with Crippen molar-refractivity contribution in [2.75, 3.05) is 0 Å². The molecule has 116 valence electrons. The Morgan fingerprint density at radius 3 is 2.35 bits per heavy atom. The number of hydrogen-bond donors (Lipinski definition) is 2. The first-order valence-electron chi connectivity index (χ1n) is 6.39. The number of aliphatic hydroxyl groups excluding tert-OH is 1. The molecule has 0 amide bonds. The topological polar surface area (TPSA) is 55.5 Å². The molecule has 1 aromatic rings. The van der Waals surface area contributed by atoms with E-state index in [0.29, 0.717) is 17.9 Å². The van der Waals surface area contributed by atoms with Gasteiger partial charge in [0.15, 0.2) is 0 Å². The minimum atomic E-state index is -2.90. The highest BCUT2D eigenvalue weighted by Crippen LogP contribution is 2.28. The van der Waals surface area contributed by atoms with Crippen molar-refractivity contribution >= 4 is 12.4 Å². The molecule has 0 heterocycles. The summed E-state index contributed by atoms with van der Waals surface area (Å²) < 4.78 is 29.0. The van der Waals surface area contributed by atoms with Crippen LogP contribution in [0.2, 0.25) is 0 Å². The third-order valence-corrected chi connectivity index (χ3v) is 2.95. The maximum absolute atomic E-state index is 12.3. The highest BCUT2D eigenvalue weighted by molar-refractivity contribution is 5.85. The van der Waals surface area contributed by atoms with E-state index in [4.69, 9.17) is 5.73 Å². The van der Waals surface area contributed by atoms with Gasteiger partial charge in [-0.2, -0.15) is 8.78 Å². The predicted molar refractivity (Wildman–Crippen MR) is 77.3 cm³/mol. The summed E-state index contributed by atoms with van der Waals surface area (Å²) in [5.41, 5.74) is 6.33. The van der Waals surface area contributed by atoms with E-state index in [1.807, 2.05) is 13.8 Å². The fourth-order valence-corrected chi connectivity index (χ4v) is 1.85. The molecule has 0 aliphatic carbocycles. The molecule has 0 unspecified atom stereocenters. The molecule has 0 aliphatic rings. The number of halogens is 3. The average Bonchev–Trinajstić information content (AvgIpc) is 2.35. The van der Waals surface area contributed by atoms with Crippen molar-refractivity contribution in [1.82, 2.24) is 0 Å². The second-order valence-corrected chi connectivity index (χ2v) is 4.98. The Balaban J connectivity index is 0.00000361. The SMILES string of the molecule is CC(C)CC[C@H](O)[C@H](N)c1ccccc1OC(F)F.Cl. The van der Waals surface area contributed by atoms with E-state index in [2.05, 4.69) is 4.74 Å². The van der Waals surface area contributed by atoms with Crippen molar-refractivity contribution in [3.63, 3.8) is 0 Å². The van der Waals surface area contributed by atoms with Crippen molar-refractivity contribution in [2.24, 2.45) is 11.7 Å². The fraction of sp³-hybridized carbons (Fsp3) is 0.571. The summed E-state index contributed by atoms with van der Waals surface area (Å²) in [5, 5.41) is 10.0. The van der Waals surface area contributed by atoms with Crippen LogP contribution in [0.4, 0.5) is 8.78 Å². The normalized spacial score (nSPS) is 14.0. The molecule has 0 fully saturated rings. The molecule has 0 aromatic heterocycles. The first-order valence-corrected chi connectivity index (χ1v) is 6.39. The van der Waals surface area contributed by atoms with Crippen LogP contribution in [0.15, 0.2) is 24.3 Å². The molecule has 0 radical (unpaired) electrons. The van der Waals surface area contributed by atoms with Crippen LogP contribution >= 0.6 is 12.4 Å². The van der Waals surface area contributed by atoms with Crippen molar-refractivity contribution in [3.8, 4) is 5.75 Å². The molecule has 1 rings (SSSR count). The molecule has 2 atom stereocenters. The lowest BCUT2D eigenvalue weighted by Crippen LogP contribution is -2.27. The number of rotatable bonds is 7. The van der Waals surface area contributed by atoms with Gasteiger partial charge in [0.1, 0.15) is 5.75 Å². The van der Waals surface area contributed by atoms with E-state index >= 15 is 0 Å². The zero-order valence-electron chi connectivity index (χ0n) is 11.6. The summed E-state index contributed by atoms with van der Waals surface area (Å²) >= 11 is 0. The van der Waals surface area contributed by atoms with Gasteiger partial charge in [-0.25, -0.2) is 0 Å². The van der Waals surface area contributed by atoms with Gasteiger partial charge < -0.3 is 15.6 Å². The molecule has 3 N–H and O–H groups in total. The average molecular weight is 310 g/mol. The van der Waals surface area contributed by atoms with Crippen LogP contribution in [-0.4, -0.2) is 17.8 Å². The van der Waals surface area contributed by atoms with Gasteiger partial charge in [-0.3, -0.25) is 0 Å². The highest BCUT2D eigenvalue weighted by atomic mass is 35.5. The minimum absolute atomic E-state index is 0. The Morgan fingerprint density at radius 2 is 1.80 bits per heavy atom. The molecule has 1 aromatic carbocycles. The third kappa shape index (κ3) is 6.03. The number of nitrogens with two attached hydrogens (primary N) is 1. The van der Waals surface area contributed by atoms with Crippen molar-refractivity contribution < 1.29 is 18.6 Å². The van der Waals surface area contributed by atoms with Gasteiger partial charge in [0.05, 0.1) is 12.1 Å². The molecule has 0 saturated carbocycles. The van der Waals surface area contributed by atoms with Gasteiger partial charge in [0.25, 0.3) is 0 Å². The lowest BCUT2D eigenvalue weighted by molar-refractivity contribution is -0.0510. The predicted octanol–water partition coefficient (Wildman–Crippen LogP) is 3.51. The van der Waals surface area contributed by atoms with Crippen molar-refractivity contribution in [2.45, 2.75) is 45.4 Å². The molecule has 6 heteroatoms. The van der Waals surface area contributed by atoms with Gasteiger partial charge in [0, 0.05) is 5.56 Å². The van der Waals surface area contributed by atoms with E-state index in [-0.39, 0.29) is 18.2 Å². The summed E-state index contributed by atoms with van der Waals surface area (Å²) in [4.78, 5) is 0. The summed E-state index contributed by atoms with van der Waals surface area (Å²) in [6, 6.07) is 5.57. The quantitative estimate of drug-likeness (QED) is 0.810. The monoisotopic (exact) mass is 309 g/mol. The Bertz CT molecular complexity index is 391. The summed E-state index contributed by atoms with van der Waals surface area (Å²) in [6.07, 6.45) is 0.582. The Kier molecular flexibility index (Phi) is 8.69. The number of ether oxygens (including phenoxy) is 1. The number of benzene rings is 1. The molecule has 0 spiro atoms. The maximum atomic E-state index is 12.3. The summed E-state index contributed by atoms with van der Waals surface area (Å²) in [5.74, 6) is 0.475. The lowest BCUT2D eigenvalue weighted by atomic mass is 9.95. The number of para-hydroxylation sites is 1. The van der Waals surface area contributed by atoms with Gasteiger partial charge in [-0.15, -0.1) is 12.4 Å². The molecular formula is C14H22ClF2NO2. The number of alkyl halides is 2. The molecule has 3 nitrogen and oxygen atoms in total. The van der Waals surface area contributed by atoms with Crippen LogP contribution in [0.5, 0.6) is 5.75 Å². The summed E-state index contributed by atoms with van der Waals surface area (Å²) in [7, 11) is 0. The van der Waals surface area contributed by atoms with Crippen molar-refractivity contribution in [1.29, 1.82) is 0 Å². The van der Waals surface area contributed by atoms with E-state index in [1.54, 1.807) is 18.2 Å². The Labute approximate surface area is 124 Å². The molecule has 20 heavy (non-hydrogen) atoms. The van der Waals surface area contributed by atoms with Crippen molar-refractivity contribution in [3.05, 3.63) is 29.8 Å². The van der Waals surface area contributed by atoms with Gasteiger partial charge in [0.2, 0.25) is 0 Å². The zero-order valence-corrected chi connectivity index (χ0v) is 12.4. The molecule has 0 aliphatic heterocycles. The minimum Gasteiger partial charge on any atom is -0.434 e. The Hall–Kier alpha value is -0.910. The van der Waals surface area contributed by atoms with Crippen LogP contribution in [0.25, 0.3) is 0 Å². The van der Waals surface area contributed by atoms with E-state index in [0.717, 1.165) is 6.42 Å². The maximum Gasteiger partial charge on any atom is 0.387 e. The second-order valence-electron chi connectivity index (χ2n) is 4.98. The third-order valence-electron chi connectivity index (χ3n) is 2.95. The van der Waals surface area contributed by atoms with Gasteiger partial charge in [-0.1, -0.05) is 32.0 Å². The first-order chi connectivity index (χ1) is 8.91. The molecule has 0 bridgehead atoms. The molecular weight excluding hydrogens is 288 g/mol. The summed E-state index contributed by atoms with van der Waals surface area (Å²) in [6.45, 7) is 1.19. The fourth-order valence-electron chi connectivity index (χ4n) is 1.85. The van der Waals surface area contributed by atoms with Crippen LogP contribution < -0.4 is 10.5 Å². The van der Waals surface area contributed by atoms with E-state index in [9.17, 15) is 13.9 Å². The first kappa shape index (κ1) is 19.1. The number of aliphatic hydroxyl groups is 1. The standard InChI is InChI=1S/C14H21F2NO2.ClH/c1-9(2)7-8-11(18)13(17)10-5-3-4-6-12(10)19-14(15)16;/h3-6,9,11,13-14,18H,7-8,17H2,1-2H3;1H/t11-,13+;/m0./s1. The van der Waals surface area contributed by atoms with Gasteiger partial charge in [-0.05, 0) is 24.8 Å². The van der Waals surface area contributed by atoms with Crippen LogP contribution in [0, 0.1) is 5.92 Å². The lowest BCUT2D eigenvalue weighted by Gasteiger charge is -2.22. The van der Waals surface area contributed by atoms with E-state index < -0.39 is 18.8 Å². The second kappa shape index (κ2) is 9.10. The number of hydrogen-bond acceptors (Lipinski definition) is 3. The van der Waals surface area contributed by atoms with Crippen LogP contribution in [-0.2, 0) is 0 Å². The Morgan fingerprint density at radius 1 is 1.20 bits per heavy atom.